The second-order valence-corrected chi connectivity index (χ2v) is 9.98. The Labute approximate surface area is 180 Å². The Morgan fingerprint density at radius 1 is 1.13 bits per heavy atom. The number of benzene rings is 2. The van der Waals surface area contributed by atoms with Crippen molar-refractivity contribution in [3.8, 4) is 0 Å². The lowest BCUT2D eigenvalue weighted by Crippen LogP contribution is -2.48. The second-order valence-electron chi connectivity index (χ2n) is 6.74. The number of nitrogens with one attached hydrogen (secondary N) is 2. The molecule has 0 bridgehead atoms. The molecule has 1 aliphatic heterocycles. The van der Waals surface area contributed by atoms with Crippen molar-refractivity contribution in [3.63, 3.8) is 0 Å². The summed E-state index contributed by atoms with van der Waals surface area (Å²) in [4.78, 5) is 15.3. The van der Waals surface area contributed by atoms with Crippen LogP contribution in [-0.2, 0) is 19.4 Å². The van der Waals surface area contributed by atoms with Crippen LogP contribution in [0.5, 0.6) is 0 Å². The van der Waals surface area contributed by atoms with Gasteiger partial charge in [0.05, 0.1) is 18.0 Å². The Morgan fingerprint density at radius 3 is 2.53 bits per heavy atom. The lowest BCUT2D eigenvalue weighted by molar-refractivity contribution is -0.128. The first-order valence-corrected chi connectivity index (χ1v) is 11.9. The van der Waals surface area contributed by atoms with Crippen LogP contribution in [0, 0.1) is 0 Å². The highest BCUT2D eigenvalue weighted by atomic mass is 32.2. The summed E-state index contributed by atoms with van der Waals surface area (Å²) in [5.41, 5.74) is 0.619. The van der Waals surface area contributed by atoms with E-state index >= 15 is 0 Å². The van der Waals surface area contributed by atoms with Crippen LogP contribution < -0.4 is 10.8 Å². The molecule has 2 aromatic carbocycles. The molecule has 8 nitrogen and oxygen atoms in total. The maximum Gasteiger partial charge on any atom is 0.257 e. The largest absolute Gasteiger partial charge is 0.359 e. The van der Waals surface area contributed by atoms with Crippen molar-refractivity contribution >= 4 is 27.5 Å². The molecule has 1 atom stereocenters. The minimum absolute atomic E-state index is 0.00406. The molecule has 0 radical (unpaired) electrons. The lowest BCUT2D eigenvalue weighted by Gasteiger charge is -2.32. The third kappa shape index (κ3) is 6.27. The van der Waals surface area contributed by atoms with E-state index in [1.54, 1.807) is 41.5 Å². The second kappa shape index (κ2) is 10.9. The Hall–Kier alpha value is -1.95. The number of sulfone groups is 1. The Kier molecular flexibility index (Phi) is 8.25. The Balaban J connectivity index is 1.56. The average Bonchev–Trinajstić information content (AvgIpc) is 2.78. The van der Waals surface area contributed by atoms with Gasteiger partial charge in [-0.3, -0.25) is 14.9 Å². The van der Waals surface area contributed by atoms with Crippen LogP contribution in [-0.4, -0.2) is 69.2 Å². The molecular weight excluding hydrogens is 426 g/mol. The molecule has 30 heavy (non-hydrogen) atoms. The van der Waals surface area contributed by atoms with Crippen molar-refractivity contribution in [2.24, 2.45) is 0 Å². The molecule has 0 aliphatic carbocycles. The minimum Gasteiger partial charge on any atom is -0.359 e. The normalized spacial score (nSPS) is 17.6. The SMILES string of the molecule is O=C(CNCCN1CCOC(S(=O)(=O)c2ccc(Sc3ccccc3)cc2)C1)NO. The molecule has 162 valence electrons. The van der Waals surface area contributed by atoms with Gasteiger partial charge in [0.15, 0.2) is 5.44 Å². The highest BCUT2D eigenvalue weighted by molar-refractivity contribution is 7.99. The highest BCUT2D eigenvalue weighted by Gasteiger charge is 2.33. The number of carbonyl (C=O) groups is 1. The van der Waals surface area contributed by atoms with E-state index in [-0.39, 0.29) is 18.0 Å². The molecule has 0 spiro atoms. The van der Waals surface area contributed by atoms with E-state index in [2.05, 4.69) is 5.32 Å². The lowest BCUT2D eigenvalue weighted by atomic mass is 10.4. The van der Waals surface area contributed by atoms with E-state index in [1.807, 2.05) is 35.2 Å². The van der Waals surface area contributed by atoms with Crippen LogP contribution in [0.25, 0.3) is 0 Å². The fraction of sp³-hybridized carbons (Fsp3) is 0.350. The third-order valence-electron chi connectivity index (χ3n) is 4.61. The third-order valence-corrected chi connectivity index (χ3v) is 7.53. The zero-order valence-corrected chi connectivity index (χ0v) is 18.0. The molecule has 1 heterocycles. The van der Waals surface area contributed by atoms with Crippen molar-refractivity contribution in [1.82, 2.24) is 15.7 Å². The first kappa shape index (κ1) is 22.7. The summed E-state index contributed by atoms with van der Waals surface area (Å²) in [6.07, 6.45) is 0. The summed E-state index contributed by atoms with van der Waals surface area (Å²) in [5.74, 6) is -0.522. The smallest absolute Gasteiger partial charge is 0.257 e. The van der Waals surface area contributed by atoms with Crippen LogP contribution in [0.3, 0.4) is 0 Å². The van der Waals surface area contributed by atoms with Gasteiger partial charge in [-0.05, 0) is 36.4 Å². The van der Waals surface area contributed by atoms with E-state index in [0.717, 1.165) is 9.79 Å². The summed E-state index contributed by atoms with van der Waals surface area (Å²) in [6, 6.07) is 16.7. The standard InChI is InChI=1S/C20H25N3O5S2/c24-19(22-25)14-21-10-11-23-12-13-28-20(15-23)30(26,27)18-8-6-17(7-9-18)29-16-4-2-1-3-5-16/h1-9,20-21,25H,10-15H2,(H,22,24). The summed E-state index contributed by atoms with van der Waals surface area (Å²) >= 11 is 1.57. The van der Waals surface area contributed by atoms with E-state index in [1.165, 1.54) is 0 Å². The number of ether oxygens (including phenoxy) is 1. The van der Waals surface area contributed by atoms with Crippen LogP contribution in [0.15, 0.2) is 69.3 Å². The maximum atomic E-state index is 13.0. The summed E-state index contributed by atoms with van der Waals surface area (Å²) in [5, 5.41) is 11.4. The first-order valence-electron chi connectivity index (χ1n) is 9.53. The van der Waals surface area contributed by atoms with Gasteiger partial charge in [-0.1, -0.05) is 30.0 Å². The zero-order valence-electron chi connectivity index (χ0n) is 16.4. The minimum atomic E-state index is -3.62. The van der Waals surface area contributed by atoms with Crippen LogP contribution in [0.1, 0.15) is 0 Å². The van der Waals surface area contributed by atoms with Gasteiger partial charge in [-0.2, -0.15) is 0 Å². The van der Waals surface area contributed by atoms with Crippen molar-refractivity contribution in [2.45, 2.75) is 20.1 Å². The molecule has 1 unspecified atom stereocenters. The molecule has 1 aliphatic rings. The predicted octanol–water partition coefficient (Wildman–Crippen LogP) is 1.36. The van der Waals surface area contributed by atoms with Gasteiger partial charge in [0.25, 0.3) is 5.91 Å². The number of nitrogens with zero attached hydrogens (tertiary/aromatic N) is 1. The van der Waals surface area contributed by atoms with Crippen LogP contribution in [0.2, 0.25) is 0 Å². The van der Waals surface area contributed by atoms with Gasteiger partial charge in [0.1, 0.15) is 0 Å². The van der Waals surface area contributed by atoms with Gasteiger partial charge in [0.2, 0.25) is 9.84 Å². The topological polar surface area (TPSA) is 108 Å². The van der Waals surface area contributed by atoms with E-state index in [4.69, 9.17) is 9.94 Å². The van der Waals surface area contributed by atoms with Gasteiger partial charge in [-0.15, -0.1) is 0 Å². The fourth-order valence-electron chi connectivity index (χ4n) is 3.01. The zero-order chi connectivity index (χ0) is 21.4. The first-order chi connectivity index (χ1) is 14.5. The molecule has 2 aromatic rings. The molecule has 0 aromatic heterocycles. The van der Waals surface area contributed by atoms with Crippen molar-refractivity contribution in [2.75, 3.05) is 39.3 Å². The number of carbonyl (C=O) groups excluding carboxylic acids is 1. The van der Waals surface area contributed by atoms with Gasteiger partial charge in [-0.25, -0.2) is 13.9 Å². The number of hydrogen-bond donors (Lipinski definition) is 3. The van der Waals surface area contributed by atoms with Gasteiger partial charge in [0, 0.05) is 36.0 Å². The molecular formula is C20H25N3O5S2. The summed E-state index contributed by atoms with van der Waals surface area (Å²) in [6.45, 7) is 2.26. The number of amides is 1. The predicted molar refractivity (Wildman–Crippen MR) is 113 cm³/mol. The summed E-state index contributed by atoms with van der Waals surface area (Å²) in [7, 11) is -3.62. The summed E-state index contributed by atoms with van der Waals surface area (Å²) < 4.78 is 31.6. The van der Waals surface area contributed by atoms with E-state index < -0.39 is 21.2 Å². The number of morpholine rings is 1. The maximum absolute atomic E-state index is 13.0. The van der Waals surface area contributed by atoms with E-state index in [0.29, 0.717) is 26.2 Å². The fourth-order valence-corrected chi connectivity index (χ4v) is 5.35. The quantitative estimate of drug-likeness (QED) is 0.298. The monoisotopic (exact) mass is 451 g/mol. The van der Waals surface area contributed by atoms with Gasteiger partial charge < -0.3 is 10.1 Å². The Bertz CT molecular complexity index is 923. The molecule has 3 rings (SSSR count). The Morgan fingerprint density at radius 2 is 1.83 bits per heavy atom. The van der Waals surface area contributed by atoms with Crippen molar-refractivity contribution < 1.29 is 23.2 Å². The number of rotatable bonds is 9. The molecule has 1 fully saturated rings. The number of hydroxylamine groups is 1. The molecule has 0 saturated carbocycles. The van der Waals surface area contributed by atoms with Crippen molar-refractivity contribution in [3.05, 3.63) is 54.6 Å². The highest BCUT2D eigenvalue weighted by Crippen LogP contribution is 2.29. The van der Waals surface area contributed by atoms with Crippen molar-refractivity contribution in [1.29, 1.82) is 0 Å². The van der Waals surface area contributed by atoms with Crippen LogP contribution in [0.4, 0.5) is 0 Å². The molecule has 1 amide bonds. The molecule has 3 N–H and O–H groups in total. The number of hydrogen-bond acceptors (Lipinski definition) is 8. The van der Waals surface area contributed by atoms with Crippen LogP contribution >= 0.6 is 11.8 Å². The molecule has 10 heteroatoms. The van der Waals surface area contributed by atoms with Gasteiger partial charge >= 0.3 is 0 Å². The molecule has 1 saturated heterocycles. The average molecular weight is 452 g/mol. The van der Waals surface area contributed by atoms with E-state index in [9.17, 15) is 13.2 Å².